The molecule has 2 heterocycles. The lowest BCUT2D eigenvalue weighted by atomic mass is 10.2. The van der Waals surface area contributed by atoms with Crippen molar-refractivity contribution in [3.8, 4) is 0 Å². The Balaban J connectivity index is 1.87. The minimum Gasteiger partial charge on any atom is -0.383 e. The van der Waals surface area contributed by atoms with Crippen molar-refractivity contribution in [3.63, 3.8) is 0 Å². The van der Waals surface area contributed by atoms with Crippen LogP contribution in [0.4, 0.5) is 11.5 Å². The molecule has 0 bridgehead atoms. The summed E-state index contributed by atoms with van der Waals surface area (Å²) in [6.07, 6.45) is 0.829. The van der Waals surface area contributed by atoms with E-state index in [-0.39, 0.29) is 30.4 Å². The number of hydrogen-bond donors (Lipinski definition) is 2. The van der Waals surface area contributed by atoms with E-state index >= 15 is 0 Å². The SMILES string of the molecule is CN(C(=O)CCc1cccs1)c1c(N)n(Cc2ccccc2)c(=O)[nH]c1=O. The highest BCUT2D eigenvalue weighted by molar-refractivity contribution is 7.09. The fraction of sp³-hybridized carbons (Fsp3) is 0.211. The summed E-state index contributed by atoms with van der Waals surface area (Å²) >= 11 is 1.58. The van der Waals surface area contributed by atoms with Gasteiger partial charge < -0.3 is 10.6 Å². The topological polar surface area (TPSA) is 101 Å². The number of hydrogen-bond acceptors (Lipinski definition) is 5. The van der Waals surface area contributed by atoms with Gasteiger partial charge in [0, 0.05) is 18.3 Å². The maximum absolute atomic E-state index is 12.5. The summed E-state index contributed by atoms with van der Waals surface area (Å²) in [7, 11) is 1.50. The largest absolute Gasteiger partial charge is 0.383 e. The number of nitrogen functional groups attached to an aromatic ring is 1. The molecule has 3 N–H and O–H groups in total. The highest BCUT2D eigenvalue weighted by atomic mass is 32.1. The van der Waals surface area contributed by atoms with Gasteiger partial charge in [0.2, 0.25) is 5.91 Å². The van der Waals surface area contributed by atoms with Gasteiger partial charge in [0.15, 0.2) is 5.69 Å². The average Bonchev–Trinajstić information content (AvgIpc) is 3.17. The number of carbonyl (C=O) groups excluding carboxylic acids is 1. The van der Waals surface area contributed by atoms with Crippen LogP contribution in [0.2, 0.25) is 0 Å². The third kappa shape index (κ3) is 4.17. The van der Waals surface area contributed by atoms with Crippen LogP contribution in [0.15, 0.2) is 57.4 Å². The Labute approximate surface area is 159 Å². The van der Waals surface area contributed by atoms with E-state index in [2.05, 4.69) is 4.98 Å². The van der Waals surface area contributed by atoms with Gasteiger partial charge in [-0.3, -0.25) is 19.1 Å². The number of anilines is 2. The molecule has 7 nitrogen and oxygen atoms in total. The molecule has 3 rings (SSSR count). The first-order valence-electron chi connectivity index (χ1n) is 8.43. The molecule has 0 saturated heterocycles. The summed E-state index contributed by atoms with van der Waals surface area (Å²) < 4.78 is 1.26. The zero-order valence-electron chi connectivity index (χ0n) is 14.8. The second-order valence-electron chi connectivity index (χ2n) is 6.10. The van der Waals surface area contributed by atoms with Crippen molar-refractivity contribution in [2.24, 2.45) is 0 Å². The molecular formula is C19H20N4O3S. The lowest BCUT2D eigenvalue weighted by Crippen LogP contribution is -2.39. The quantitative estimate of drug-likeness (QED) is 0.677. The number of nitrogens with zero attached hydrogens (tertiary/aromatic N) is 2. The smallest absolute Gasteiger partial charge is 0.330 e. The molecule has 1 amide bonds. The van der Waals surface area contributed by atoms with Gasteiger partial charge in [-0.1, -0.05) is 36.4 Å². The molecule has 140 valence electrons. The number of carbonyl (C=O) groups is 1. The number of benzene rings is 1. The molecule has 1 aromatic carbocycles. The van der Waals surface area contributed by atoms with Crippen molar-refractivity contribution < 1.29 is 4.79 Å². The predicted molar refractivity (Wildman–Crippen MR) is 107 cm³/mol. The van der Waals surface area contributed by atoms with Crippen LogP contribution in [0.1, 0.15) is 16.9 Å². The van der Waals surface area contributed by atoms with E-state index in [0.29, 0.717) is 6.42 Å². The lowest BCUT2D eigenvalue weighted by Gasteiger charge is -2.20. The monoisotopic (exact) mass is 384 g/mol. The first-order chi connectivity index (χ1) is 13.0. The Hall–Kier alpha value is -3.13. The van der Waals surface area contributed by atoms with E-state index in [4.69, 9.17) is 5.73 Å². The highest BCUT2D eigenvalue weighted by Crippen LogP contribution is 2.18. The van der Waals surface area contributed by atoms with Crippen molar-refractivity contribution in [1.82, 2.24) is 9.55 Å². The van der Waals surface area contributed by atoms with E-state index in [1.807, 2.05) is 47.8 Å². The number of aromatic amines is 1. The number of nitrogens with two attached hydrogens (primary N) is 1. The lowest BCUT2D eigenvalue weighted by molar-refractivity contribution is -0.118. The van der Waals surface area contributed by atoms with Crippen molar-refractivity contribution in [2.75, 3.05) is 17.7 Å². The summed E-state index contributed by atoms with van der Waals surface area (Å²) in [5.74, 6) is -0.273. The van der Waals surface area contributed by atoms with E-state index in [0.717, 1.165) is 10.4 Å². The van der Waals surface area contributed by atoms with Crippen LogP contribution in [0, 0.1) is 0 Å². The molecule has 0 saturated carbocycles. The number of nitrogens with one attached hydrogen (secondary N) is 1. The molecule has 0 spiro atoms. The molecule has 2 aromatic heterocycles. The standard InChI is InChI=1S/C19H20N4O3S/c1-22(15(24)10-9-14-8-5-11-27-14)16-17(20)23(19(26)21-18(16)25)12-13-6-3-2-4-7-13/h2-8,11H,9-10,12,20H2,1H3,(H,21,25,26). The third-order valence-corrected chi connectivity index (χ3v) is 5.21. The number of aromatic nitrogens is 2. The van der Waals surface area contributed by atoms with Gasteiger partial charge in [-0.2, -0.15) is 0 Å². The van der Waals surface area contributed by atoms with Crippen molar-refractivity contribution in [3.05, 3.63) is 79.1 Å². The Morgan fingerprint density at radius 1 is 1.19 bits per heavy atom. The minimum atomic E-state index is -0.672. The molecule has 0 fully saturated rings. The Morgan fingerprint density at radius 3 is 2.59 bits per heavy atom. The van der Waals surface area contributed by atoms with Gasteiger partial charge >= 0.3 is 5.69 Å². The summed E-state index contributed by atoms with van der Waals surface area (Å²) in [5, 5.41) is 1.95. The van der Waals surface area contributed by atoms with E-state index in [1.54, 1.807) is 11.3 Å². The van der Waals surface area contributed by atoms with Crippen LogP contribution in [0.5, 0.6) is 0 Å². The molecule has 0 radical (unpaired) electrons. The fourth-order valence-electron chi connectivity index (χ4n) is 2.80. The zero-order valence-corrected chi connectivity index (χ0v) is 15.7. The Bertz CT molecular complexity index is 1040. The normalized spacial score (nSPS) is 10.7. The Morgan fingerprint density at radius 2 is 1.93 bits per heavy atom. The molecule has 0 aliphatic carbocycles. The molecule has 8 heteroatoms. The average molecular weight is 384 g/mol. The molecule has 0 atom stereocenters. The number of aryl methyl sites for hydroxylation is 1. The van der Waals surface area contributed by atoms with E-state index < -0.39 is 11.2 Å². The number of thiophene rings is 1. The zero-order chi connectivity index (χ0) is 19.4. The maximum Gasteiger partial charge on any atom is 0.330 e. The minimum absolute atomic E-state index is 0.0123. The van der Waals surface area contributed by atoms with Gasteiger partial charge in [0.1, 0.15) is 5.82 Å². The van der Waals surface area contributed by atoms with Gasteiger partial charge in [-0.25, -0.2) is 4.79 Å². The molecule has 3 aromatic rings. The Kier molecular flexibility index (Phi) is 5.56. The number of rotatable bonds is 6. The van der Waals surface area contributed by atoms with Gasteiger partial charge in [0.25, 0.3) is 5.56 Å². The van der Waals surface area contributed by atoms with E-state index in [9.17, 15) is 14.4 Å². The van der Waals surface area contributed by atoms with Crippen LogP contribution in [0.3, 0.4) is 0 Å². The van der Waals surface area contributed by atoms with Crippen LogP contribution in [-0.2, 0) is 17.8 Å². The van der Waals surface area contributed by atoms with E-state index in [1.165, 1.54) is 16.5 Å². The van der Waals surface area contributed by atoms with Crippen molar-refractivity contribution in [1.29, 1.82) is 0 Å². The van der Waals surface area contributed by atoms with Crippen LogP contribution in [0.25, 0.3) is 0 Å². The second-order valence-corrected chi connectivity index (χ2v) is 7.13. The first-order valence-corrected chi connectivity index (χ1v) is 9.31. The molecule has 0 aliphatic heterocycles. The fourth-order valence-corrected chi connectivity index (χ4v) is 3.51. The second kappa shape index (κ2) is 8.05. The molecule has 0 unspecified atom stereocenters. The van der Waals surface area contributed by atoms with Crippen molar-refractivity contribution in [2.45, 2.75) is 19.4 Å². The number of H-pyrrole nitrogens is 1. The van der Waals surface area contributed by atoms with Crippen LogP contribution >= 0.6 is 11.3 Å². The van der Waals surface area contributed by atoms with Gasteiger partial charge in [-0.15, -0.1) is 11.3 Å². The van der Waals surface area contributed by atoms with Gasteiger partial charge in [0.05, 0.1) is 6.54 Å². The third-order valence-electron chi connectivity index (χ3n) is 4.27. The summed E-state index contributed by atoms with van der Waals surface area (Å²) in [4.78, 5) is 41.6. The molecule has 0 aliphatic rings. The maximum atomic E-state index is 12.5. The van der Waals surface area contributed by atoms with Gasteiger partial charge in [-0.05, 0) is 23.4 Å². The molecule has 27 heavy (non-hydrogen) atoms. The summed E-state index contributed by atoms with van der Waals surface area (Å²) in [6.45, 7) is 0.201. The number of amides is 1. The van der Waals surface area contributed by atoms with Crippen LogP contribution in [-0.4, -0.2) is 22.5 Å². The van der Waals surface area contributed by atoms with Crippen molar-refractivity contribution >= 4 is 28.7 Å². The van der Waals surface area contributed by atoms with Crippen LogP contribution < -0.4 is 21.9 Å². The first kappa shape index (κ1) is 18.7. The highest BCUT2D eigenvalue weighted by Gasteiger charge is 2.21. The molecular weight excluding hydrogens is 364 g/mol. The predicted octanol–water partition coefficient (Wildman–Crippen LogP) is 1.82. The summed E-state index contributed by atoms with van der Waals surface area (Å²) in [6, 6.07) is 13.2. The summed E-state index contributed by atoms with van der Waals surface area (Å²) in [5.41, 5.74) is 5.68.